The SMILES string of the molecule is COCC(=O)N1CCC[C@H]1c1nc(N)ncc1-c1ccc(Cl)cc1. The van der Waals surface area contributed by atoms with Gasteiger partial charge in [-0.15, -0.1) is 0 Å². The number of rotatable bonds is 4. The number of anilines is 1. The predicted octanol–water partition coefficient (Wildman–Crippen LogP) is 2.69. The molecule has 0 spiro atoms. The zero-order chi connectivity index (χ0) is 17.1. The van der Waals surface area contributed by atoms with E-state index in [0.29, 0.717) is 11.6 Å². The summed E-state index contributed by atoms with van der Waals surface area (Å²) in [5, 5.41) is 0.662. The van der Waals surface area contributed by atoms with Gasteiger partial charge < -0.3 is 15.4 Å². The fourth-order valence-corrected chi connectivity index (χ4v) is 3.20. The molecule has 7 heteroatoms. The second-order valence-corrected chi connectivity index (χ2v) is 6.15. The average molecular weight is 347 g/mol. The Bertz CT molecular complexity index is 736. The van der Waals surface area contributed by atoms with Crippen LogP contribution in [-0.4, -0.2) is 41.0 Å². The van der Waals surface area contributed by atoms with Crippen LogP contribution < -0.4 is 5.73 Å². The quantitative estimate of drug-likeness (QED) is 0.920. The largest absolute Gasteiger partial charge is 0.375 e. The van der Waals surface area contributed by atoms with Crippen molar-refractivity contribution >= 4 is 23.5 Å². The highest BCUT2D eigenvalue weighted by Gasteiger charge is 2.32. The number of aromatic nitrogens is 2. The number of likely N-dealkylation sites (tertiary alicyclic amines) is 1. The second-order valence-electron chi connectivity index (χ2n) is 5.71. The standard InChI is InChI=1S/C17H19ClN4O2/c1-24-10-15(23)22-8-2-3-14(22)16-13(9-20-17(19)21-16)11-4-6-12(18)7-5-11/h4-7,9,14H,2-3,8,10H2,1H3,(H2,19,20,21)/t14-/m0/s1. The molecule has 24 heavy (non-hydrogen) atoms. The number of ether oxygens (including phenoxy) is 1. The van der Waals surface area contributed by atoms with Crippen LogP contribution in [-0.2, 0) is 9.53 Å². The molecule has 0 unspecified atom stereocenters. The van der Waals surface area contributed by atoms with E-state index in [4.69, 9.17) is 22.1 Å². The Morgan fingerprint density at radius 1 is 1.42 bits per heavy atom. The Morgan fingerprint density at radius 3 is 2.88 bits per heavy atom. The highest BCUT2D eigenvalue weighted by molar-refractivity contribution is 6.30. The van der Waals surface area contributed by atoms with Crippen LogP contribution in [0.2, 0.25) is 5.02 Å². The van der Waals surface area contributed by atoms with Gasteiger partial charge in [0, 0.05) is 30.4 Å². The van der Waals surface area contributed by atoms with Gasteiger partial charge in [-0.05, 0) is 30.5 Å². The molecular formula is C17H19ClN4O2. The normalized spacial score (nSPS) is 17.2. The van der Waals surface area contributed by atoms with Crippen LogP contribution in [0.4, 0.5) is 5.95 Å². The van der Waals surface area contributed by atoms with E-state index in [1.165, 1.54) is 7.11 Å². The van der Waals surface area contributed by atoms with E-state index in [-0.39, 0.29) is 24.5 Å². The van der Waals surface area contributed by atoms with Gasteiger partial charge in [-0.1, -0.05) is 23.7 Å². The molecule has 1 atom stereocenters. The van der Waals surface area contributed by atoms with Gasteiger partial charge in [0.05, 0.1) is 11.7 Å². The molecule has 126 valence electrons. The van der Waals surface area contributed by atoms with Crippen molar-refractivity contribution in [2.45, 2.75) is 18.9 Å². The molecule has 2 aromatic rings. The average Bonchev–Trinajstić information content (AvgIpc) is 3.05. The third-order valence-electron chi connectivity index (χ3n) is 4.15. The zero-order valence-corrected chi connectivity index (χ0v) is 14.2. The summed E-state index contributed by atoms with van der Waals surface area (Å²) in [6, 6.07) is 7.34. The monoisotopic (exact) mass is 346 g/mol. The Hall–Kier alpha value is -2.18. The number of nitrogens with zero attached hydrogens (tertiary/aromatic N) is 3. The van der Waals surface area contributed by atoms with Crippen molar-refractivity contribution in [3.05, 3.63) is 41.2 Å². The summed E-state index contributed by atoms with van der Waals surface area (Å²) in [4.78, 5) is 22.7. The van der Waals surface area contributed by atoms with E-state index in [1.54, 1.807) is 6.20 Å². The van der Waals surface area contributed by atoms with Crippen molar-refractivity contribution in [1.82, 2.24) is 14.9 Å². The molecule has 1 aliphatic rings. The van der Waals surface area contributed by atoms with Gasteiger partial charge in [-0.3, -0.25) is 4.79 Å². The predicted molar refractivity (Wildman–Crippen MR) is 92.5 cm³/mol. The molecule has 1 amide bonds. The number of hydrogen-bond donors (Lipinski definition) is 1. The molecule has 1 fully saturated rings. The van der Waals surface area contributed by atoms with Crippen LogP contribution in [0.1, 0.15) is 24.6 Å². The molecule has 0 bridgehead atoms. The summed E-state index contributed by atoms with van der Waals surface area (Å²) in [6.45, 7) is 0.754. The van der Waals surface area contributed by atoms with E-state index in [1.807, 2.05) is 29.2 Å². The van der Waals surface area contributed by atoms with E-state index in [0.717, 1.165) is 29.7 Å². The van der Waals surface area contributed by atoms with Gasteiger partial charge in [0.15, 0.2) is 0 Å². The zero-order valence-electron chi connectivity index (χ0n) is 13.4. The summed E-state index contributed by atoms with van der Waals surface area (Å²) in [6.07, 6.45) is 3.47. The van der Waals surface area contributed by atoms with Gasteiger partial charge in [-0.2, -0.15) is 0 Å². The second kappa shape index (κ2) is 7.15. The summed E-state index contributed by atoms with van der Waals surface area (Å²) < 4.78 is 4.99. The molecule has 1 aliphatic heterocycles. The van der Waals surface area contributed by atoms with Crippen molar-refractivity contribution in [3.63, 3.8) is 0 Å². The maximum absolute atomic E-state index is 12.3. The minimum absolute atomic E-state index is 0.0424. The first-order valence-electron chi connectivity index (χ1n) is 7.77. The molecule has 2 N–H and O–H groups in total. The van der Waals surface area contributed by atoms with E-state index in [2.05, 4.69) is 9.97 Å². The summed E-state index contributed by atoms with van der Waals surface area (Å²) in [5.41, 5.74) is 8.38. The summed E-state index contributed by atoms with van der Waals surface area (Å²) in [5.74, 6) is 0.160. The fourth-order valence-electron chi connectivity index (χ4n) is 3.07. The third-order valence-corrected chi connectivity index (χ3v) is 4.40. The summed E-state index contributed by atoms with van der Waals surface area (Å²) >= 11 is 5.97. The van der Waals surface area contributed by atoms with Crippen LogP contribution in [0.3, 0.4) is 0 Å². The van der Waals surface area contributed by atoms with Crippen LogP contribution in [0.5, 0.6) is 0 Å². The van der Waals surface area contributed by atoms with Crippen molar-refractivity contribution < 1.29 is 9.53 Å². The van der Waals surface area contributed by atoms with Crippen molar-refractivity contribution in [2.75, 3.05) is 26.0 Å². The number of methoxy groups -OCH3 is 1. The number of benzene rings is 1. The number of hydrogen-bond acceptors (Lipinski definition) is 5. The lowest BCUT2D eigenvalue weighted by molar-refractivity contribution is -0.136. The lowest BCUT2D eigenvalue weighted by Crippen LogP contribution is -2.34. The van der Waals surface area contributed by atoms with Gasteiger partial charge in [0.1, 0.15) is 6.61 Å². The molecular weight excluding hydrogens is 328 g/mol. The maximum atomic E-state index is 12.3. The fraction of sp³-hybridized carbons (Fsp3) is 0.353. The Morgan fingerprint density at radius 2 is 2.17 bits per heavy atom. The number of carbonyl (C=O) groups is 1. The lowest BCUT2D eigenvalue weighted by atomic mass is 10.00. The Labute approximate surface area is 145 Å². The molecule has 0 saturated carbocycles. The minimum Gasteiger partial charge on any atom is -0.375 e. The number of halogens is 1. The first kappa shape index (κ1) is 16.7. The molecule has 3 rings (SSSR count). The Kier molecular flexibility index (Phi) is 4.97. The van der Waals surface area contributed by atoms with Gasteiger partial charge >= 0.3 is 0 Å². The van der Waals surface area contributed by atoms with Crippen LogP contribution >= 0.6 is 11.6 Å². The minimum atomic E-state index is -0.122. The molecule has 1 saturated heterocycles. The van der Waals surface area contributed by atoms with E-state index < -0.39 is 0 Å². The van der Waals surface area contributed by atoms with Gasteiger partial charge in [0.25, 0.3) is 0 Å². The third kappa shape index (κ3) is 3.34. The topological polar surface area (TPSA) is 81.3 Å². The van der Waals surface area contributed by atoms with Crippen molar-refractivity contribution in [1.29, 1.82) is 0 Å². The number of amides is 1. The smallest absolute Gasteiger partial charge is 0.249 e. The number of nitrogen functional groups attached to an aromatic ring is 1. The molecule has 0 aliphatic carbocycles. The molecule has 1 aromatic carbocycles. The Balaban J connectivity index is 2.01. The van der Waals surface area contributed by atoms with Crippen LogP contribution in [0.25, 0.3) is 11.1 Å². The van der Waals surface area contributed by atoms with Crippen molar-refractivity contribution in [2.24, 2.45) is 0 Å². The van der Waals surface area contributed by atoms with Crippen LogP contribution in [0.15, 0.2) is 30.5 Å². The molecule has 0 radical (unpaired) electrons. The van der Waals surface area contributed by atoms with E-state index in [9.17, 15) is 4.79 Å². The highest BCUT2D eigenvalue weighted by atomic mass is 35.5. The first-order chi connectivity index (χ1) is 11.6. The molecule has 6 nitrogen and oxygen atoms in total. The number of carbonyl (C=O) groups excluding carboxylic acids is 1. The molecule has 1 aromatic heterocycles. The van der Waals surface area contributed by atoms with Gasteiger partial charge in [-0.25, -0.2) is 9.97 Å². The number of nitrogens with two attached hydrogens (primary N) is 1. The molecule has 2 heterocycles. The first-order valence-corrected chi connectivity index (χ1v) is 8.14. The lowest BCUT2D eigenvalue weighted by Gasteiger charge is -2.25. The van der Waals surface area contributed by atoms with Gasteiger partial charge in [0.2, 0.25) is 11.9 Å². The van der Waals surface area contributed by atoms with E-state index >= 15 is 0 Å². The highest BCUT2D eigenvalue weighted by Crippen LogP contribution is 2.36. The summed E-state index contributed by atoms with van der Waals surface area (Å²) in [7, 11) is 1.52. The van der Waals surface area contributed by atoms with Crippen LogP contribution in [0, 0.1) is 0 Å². The maximum Gasteiger partial charge on any atom is 0.249 e. The van der Waals surface area contributed by atoms with Crippen molar-refractivity contribution in [3.8, 4) is 11.1 Å².